The van der Waals surface area contributed by atoms with Gasteiger partial charge in [0.2, 0.25) is 29.5 Å². The zero-order chi connectivity index (χ0) is 105. The van der Waals surface area contributed by atoms with Crippen LogP contribution in [0.25, 0.3) is 0 Å². The average Bonchev–Trinajstić information content (AvgIpc) is 0.765. The van der Waals surface area contributed by atoms with Gasteiger partial charge in [-0.05, 0) is 19.3 Å². The minimum Gasteiger partial charge on any atom is -0.477 e. The molecule has 39 atom stereocenters. The Morgan fingerprint density at radius 1 is 0.373 bits per heavy atom. The van der Waals surface area contributed by atoms with Crippen LogP contribution >= 0.6 is 0 Å². The third-order valence-corrected chi connectivity index (χ3v) is 26.7. The molecule has 14 unspecified atom stereocenters. The second-order valence-electron chi connectivity index (χ2n) is 37.8. The van der Waals surface area contributed by atoms with Gasteiger partial charge in [-0.25, -0.2) is 9.59 Å². The van der Waals surface area contributed by atoms with Crippen LogP contribution in [-0.2, 0) is 99.9 Å². The minimum absolute atomic E-state index is 0.0702. The van der Waals surface area contributed by atoms with Gasteiger partial charge >= 0.3 is 11.9 Å². The molecule has 7 rings (SSSR count). The van der Waals surface area contributed by atoms with E-state index in [9.17, 15) is 156 Å². The first-order valence-electron chi connectivity index (χ1n) is 49.9. The number of allylic oxidation sites excluding steroid dienone is 1. The number of rotatable bonds is 64. The first-order chi connectivity index (χ1) is 67.7. The number of aliphatic carboxylic acids is 2. The maximum absolute atomic E-state index is 14.2. The van der Waals surface area contributed by atoms with Crippen LogP contribution in [0.15, 0.2) is 12.2 Å². The number of ether oxygens (including phenoxy) is 14. The lowest BCUT2D eigenvalue weighted by molar-refractivity contribution is -0.408. The SMILES string of the molecule is CCCCCCCCCCCCC/C=C/[C@@H](O)[C@H](CO[C@@H]1OC(CO)[C@@H](O[C@@H]2OC(CO)[C@H](O[C@@H]3OC(CO)[C@H](O)[C@H](O[C@@H]4OC(CO)[C@H](O[C@@H]5OC(CO)[C@H](O)[C@H](O)C5NC(C)=O)[C@H](O[C@]5(C(=O)O)CC(O)[C@@H](NC(=O)CO)C([C@H](O)[C@H](O)CO)O5)C4O)C3NC(C)=O)[C@H](O[C@]3(C(=O)O)CC(O)[C@@H](NC(C)=O)C([C@H](O)[C@H](O)CO)O3)C2O)[C@H](O)C1O)NC(=O)CCCCCCCCCCCCCCCCC. The maximum Gasteiger partial charge on any atom is 0.364 e. The predicted molar refractivity (Wildman–Crippen MR) is 485 cm³/mol. The van der Waals surface area contributed by atoms with E-state index >= 15 is 0 Å². The van der Waals surface area contributed by atoms with Crippen LogP contribution in [0.4, 0.5) is 0 Å². The summed E-state index contributed by atoms with van der Waals surface area (Å²) in [5, 5.41) is 285. The first kappa shape index (κ1) is 124. The Bertz CT molecular complexity index is 3690. The molecule has 7 aliphatic heterocycles. The predicted octanol–water partition coefficient (Wildman–Crippen LogP) is -6.93. The summed E-state index contributed by atoms with van der Waals surface area (Å²) < 4.78 is 85.8. The van der Waals surface area contributed by atoms with E-state index in [2.05, 4.69) is 40.4 Å². The van der Waals surface area contributed by atoms with Gasteiger partial charge in [0.15, 0.2) is 31.5 Å². The van der Waals surface area contributed by atoms with E-state index in [0.717, 1.165) is 91.4 Å². The number of aliphatic hydroxyl groups is 22. The highest BCUT2D eigenvalue weighted by molar-refractivity contribution is 5.79. The van der Waals surface area contributed by atoms with E-state index in [0.29, 0.717) is 12.8 Å². The van der Waals surface area contributed by atoms with Crippen LogP contribution in [0.2, 0.25) is 0 Å². The van der Waals surface area contributed by atoms with Crippen molar-refractivity contribution in [1.29, 1.82) is 0 Å². The maximum atomic E-state index is 14.2. The summed E-state index contributed by atoms with van der Waals surface area (Å²) in [5.41, 5.74) is 0. The number of amides is 5. The molecule has 7 aliphatic rings. The molecule has 0 aliphatic carbocycles. The van der Waals surface area contributed by atoms with Crippen LogP contribution in [-0.4, -0.2) is 462 Å². The number of carbonyl (C=O) groups is 7. The van der Waals surface area contributed by atoms with Crippen LogP contribution in [0.1, 0.15) is 227 Å². The molecule has 7 heterocycles. The van der Waals surface area contributed by atoms with Crippen molar-refractivity contribution in [1.82, 2.24) is 26.6 Å². The smallest absolute Gasteiger partial charge is 0.364 e. The zero-order valence-corrected chi connectivity index (χ0v) is 81.4. The van der Waals surface area contributed by atoms with Crippen LogP contribution in [0.3, 0.4) is 0 Å². The molecule has 0 saturated carbocycles. The molecule has 0 radical (unpaired) electrons. The molecule has 5 amide bonds. The Morgan fingerprint density at radius 3 is 1.14 bits per heavy atom. The summed E-state index contributed by atoms with van der Waals surface area (Å²) in [4.78, 5) is 94.0. The Balaban J connectivity index is 1.23. The third-order valence-electron chi connectivity index (χ3n) is 26.7. The molecule has 7 saturated heterocycles. The highest BCUT2D eigenvalue weighted by Crippen LogP contribution is 2.44. The summed E-state index contributed by atoms with van der Waals surface area (Å²) in [6.07, 6.45) is -44.5. The topological polar surface area (TPSA) is 794 Å². The van der Waals surface area contributed by atoms with Gasteiger partial charge in [0.05, 0.1) is 89.3 Å². The number of carboxylic acid groups (broad SMARTS) is 2. The summed E-state index contributed by atoms with van der Waals surface area (Å²) >= 11 is 0. The molecule has 0 aromatic carbocycles. The fourth-order valence-electron chi connectivity index (χ4n) is 18.8. The normalized spacial score (nSPS) is 35.9. The van der Waals surface area contributed by atoms with Crippen LogP contribution in [0.5, 0.6) is 0 Å². The van der Waals surface area contributed by atoms with Crippen molar-refractivity contribution in [3.8, 4) is 0 Å². The van der Waals surface area contributed by atoms with Crippen molar-refractivity contribution in [3.63, 3.8) is 0 Å². The van der Waals surface area contributed by atoms with Crippen molar-refractivity contribution >= 4 is 41.5 Å². The molecule has 142 heavy (non-hydrogen) atoms. The standard InChI is InChI=1S/C92H161N5O45/c1-6-8-10-12-14-16-18-20-21-23-25-27-29-31-33-35-61(114)96-50(51(109)34-32-30-28-26-24-22-19-17-15-13-11-9-7-2)46-129-86-73(122)72(121)76(58(42-102)132-86)135-87-74(123)82(141-91(89(125)126)36-52(110)63(93-47(3)106)80(139-91)67(116)54(112)38-98)78(60(44-104)133-87)137-85-66(95-49(5)108)79(70(119)57(41-101)131-85)138-88-75(124)83(77(59(43-103)134-88)136-84-65(94-48(4)107)71(120)69(118)56(40-100)130-84)142-92(90(127)128)37-53(111)64(97-62(115)45-105)81(140-92)68(117)55(113)39-99/h32,34,50-60,63-88,98-105,109-113,116-124H,6-31,33,35-46H2,1-5H3,(H,93,106)(H,94,107)(H,95,108)(H,96,114)(H,97,115)(H,125,126)(H,127,128)/b34-32+/t50-,51+,52?,53?,54+,55+,56?,57?,58?,59?,60?,63+,64+,65?,66?,67+,68+,69-,70-,71+,72+,73?,74?,75?,76+,77-,78-,79+,80?,81?,82+,83+,84-,85-,86+,87-,88-,91-,92-/m0/s1. The molecule has 0 spiro atoms. The zero-order valence-electron chi connectivity index (χ0n) is 81.4. The lowest BCUT2D eigenvalue weighted by Gasteiger charge is -2.53. The number of hydrogen-bond acceptors (Lipinski definition) is 43. The Morgan fingerprint density at radius 2 is 0.732 bits per heavy atom. The van der Waals surface area contributed by atoms with Gasteiger partial charge in [0, 0.05) is 40.0 Å². The second-order valence-corrected chi connectivity index (χ2v) is 37.8. The highest BCUT2D eigenvalue weighted by atomic mass is 16.8. The van der Waals surface area contributed by atoms with E-state index in [1.807, 2.05) is 0 Å². The fourth-order valence-corrected chi connectivity index (χ4v) is 18.8. The summed E-state index contributed by atoms with van der Waals surface area (Å²) in [6.45, 7) is -3.97. The van der Waals surface area contributed by atoms with Gasteiger partial charge in [0.25, 0.3) is 11.6 Å². The molecular weight excluding hydrogens is 1900 g/mol. The highest BCUT2D eigenvalue weighted by Gasteiger charge is 2.65. The van der Waals surface area contributed by atoms with E-state index in [1.165, 1.54) is 96.0 Å². The van der Waals surface area contributed by atoms with Crippen molar-refractivity contribution in [2.45, 2.75) is 465 Å². The Hall–Kier alpha value is -5.41. The van der Waals surface area contributed by atoms with Gasteiger partial charge < -0.3 is 215 Å². The lowest BCUT2D eigenvalue weighted by Crippen LogP contribution is -2.73. The molecule has 7 fully saturated rings. The van der Waals surface area contributed by atoms with Crippen LogP contribution < -0.4 is 26.6 Å². The number of nitrogens with one attached hydrogen (secondary N) is 5. The number of unbranched alkanes of at least 4 members (excludes halogenated alkanes) is 25. The molecular formula is C92H161N5O45. The van der Waals surface area contributed by atoms with Crippen molar-refractivity contribution in [2.24, 2.45) is 0 Å². The fraction of sp³-hybridized carbons (Fsp3) is 0.902. The Labute approximate surface area is 824 Å². The van der Waals surface area contributed by atoms with E-state index in [1.54, 1.807) is 6.08 Å². The number of carboxylic acids is 2. The molecule has 50 nitrogen and oxygen atoms in total. The second kappa shape index (κ2) is 62.3. The van der Waals surface area contributed by atoms with Crippen molar-refractivity contribution in [2.75, 3.05) is 59.5 Å². The minimum atomic E-state index is -3.59. The van der Waals surface area contributed by atoms with Crippen molar-refractivity contribution < 1.29 is 222 Å². The third kappa shape index (κ3) is 35.1. The quantitative estimate of drug-likeness (QED) is 0.0199. The molecule has 0 aromatic rings. The molecule has 0 bridgehead atoms. The van der Waals surface area contributed by atoms with Gasteiger partial charge in [-0.15, -0.1) is 0 Å². The molecule has 29 N–H and O–H groups in total. The largest absolute Gasteiger partial charge is 0.477 e. The van der Waals surface area contributed by atoms with Crippen LogP contribution in [0, 0.1) is 0 Å². The Kier molecular flexibility index (Phi) is 54.2. The molecule has 824 valence electrons. The van der Waals surface area contributed by atoms with Gasteiger partial charge in [-0.2, -0.15) is 0 Å². The van der Waals surface area contributed by atoms with Crippen molar-refractivity contribution in [3.05, 3.63) is 12.2 Å². The van der Waals surface area contributed by atoms with Gasteiger partial charge in [-0.1, -0.05) is 180 Å². The summed E-state index contributed by atoms with van der Waals surface area (Å²) in [5.74, 6) is -16.6. The average molecular weight is 2060 g/mol. The number of aliphatic hydroxyl groups excluding tert-OH is 22. The van der Waals surface area contributed by atoms with Gasteiger partial charge in [-0.3, -0.25) is 24.0 Å². The number of hydrogen-bond donors (Lipinski definition) is 29. The monoisotopic (exact) mass is 2060 g/mol. The molecule has 50 heteroatoms. The van der Waals surface area contributed by atoms with E-state index in [4.69, 9.17) is 66.3 Å². The molecule has 0 aromatic heterocycles. The summed E-state index contributed by atoms with van der Waals surface area (Å²) in [6, 6.07) is -9.38. The van der Waals surface area contributed by atoms with Gasteiger partial charge in [0.1, 0.15) is 165 Å². The van der Waals surface area contributed by atoms with E-state index in [-0.39, 0.29) is 6.42 Å². The first-order valence-corrected chi connectivity index (χ1v) is 49.9. The van der Waals surface area contributed by atoms with E-state index < -0.39 is 352 Å². The lowest BCUT2D eigenvalue weighted by atomic mass is 9.88. The summed E-state index contributed by atoms with van der Waals surface area (Å²) in [7, 11) is 0. The number of carbonyl (C=O) groups excluding carboxylic acids is 5.